The lowest BCUT2D eigenvalue weighted by Crippen LogP contribution is -2.37. The zero-order valence-corrected chi connectivity index (χ0v) is 16.0. The van der Waals surface area contributed by atoms with Gasteiger partial charge in [0, 0.05) is 19.2 Å². The number of carboxylic acids is 1. The van der Waals surface area contributed by atoms with Gasteiger partial charge in [0.1, 0.15) is 17.8 Å². The molecule has 3 rings (SSSR count). The van der Waals surface area contributed by atoms with Crippen molar-refractivity contribution in [3.8, 4) is 11.5 Å². The Kier molecular flexibility index (Phi) is 5.96. The summed E-state index contributed by atoms with van der Waals surface area (Å²) in [5.41, 5.74) is 0.162. The highest BCUT2D eigenvalue weighted by Gasteiger charge is 2.32. The average Bonchev–Trinajstić information content (AvgIpc) is 2.73. The number of nitro groups is 1. The molecule has 0 atom stereocenters. The van der Waals surface area contributed by atoms with Gasteiger partial charge in [-0.25, -0.2) is 9.97 Å². The van der Waals surface area contributed by atoms with Crippen molar-refractivity contribution < 1.29 is 24.3 Å². The van der Waals surface area contributed by atoms with Crippen LogP contribution in [-0.4, -0.2) is 53.3 Å². The summed E-state index contributed by atoms with van der Waals surface area (Å²) >= 11 is 0. The van der Waals surface area contributed by atoms with E-state index in [-0.39, 0.29) is 17.3 Å². The second kappa shape index (κ2) is 8.59. The number of methoxy groups -OCH3 is 2. The molecule has 1 aromatic carbocycles. The summed E-state index contributed by atoms with van der Waals surface area (Å²) in [7, 11) is 3.00. The van der Waals surface area contributed by atoms with Crippen molar-refractivity contribution in [1.29, 1.82) is 0 Å². The molecule has 0 saturated carbocycles. The molecule has 154 valence electrons. The molecule has 29 heavy (non-hydrogen) atoms. The van der Waals surface area contributed by atoms with Crippen molar-refractivity contribution in [2.45, 2.75) is 12.8 Å². The fourth-order valence-corrected chi connectivity index (χ4v) is 3.24. The van der Waals surface area contributed by atoms with Gasteiger partial charge in [-0.1, -0.05) is 0 Å². The van der Waals surface area contributed by atoms with E-state index in [9.17, 15) is 14.9 Å². The predicted molar refractivity (Wildman–Crippen MR) is 104 cm³/mol. The van der Waals surface area contributed by atoms with E-state index in [1.165, 1.54) is 20.5 Å². The summed E-state index contributed by atoms with van der Waals surface area (Å²) in [6.45, 7) is 0.716. The fourth-order valence-electron chi connectivity index (χ4n) is 3.24. The number of carbonyl (C=O) groups is 1. The lowest BCUT2D eigenvalue weighted by Gasteiger charge is -2.30. The topological polar surface area (TPSA) is 140 Å². The summed E-state index contributed by atoms with van der Waals surface area (Å²) in [6, 6.07) is 5.02. The van der Waals surface area contributed by atoms with Crippen LogP contribution in [0.2, 0.25) is 0 Å². The maximum absolute atomic E-state index is 11.8. The van der Waals surface area contributed by atoms with E-state index < -0.39 is 16.8 Å². The Labute approximate surface area is 166 Å². The van der Waals surface area contributed by atoms with E-state index in [1.807, 2.05) is 0 Å². The van der Waals surface area contributed by atoms with Gasteiger partial charge in [0.05, 0.1) is 30.7 Å². The molecule has 1 aromatic heterocycles. The van der Waals surface area contributed by atoms with Crippen LogP contribution in [-0.2, 0) is 4.79 Å². The molecule has 2 heterocycles. The molecule has 2 aromatic rings. The number of hydrogen-bond acceptors (Lipinski definition) is 9. The Balaban J connectivity index is 1.94. The molecule has 1 aliphatic heterocycles. The quantitative estimate of drug-likeness (QED) is 0.523. The molecule has 1 aliphatic rings. The monoisotopic (exact) mass is 403 g/mol. The summed E-state index contributed by atoms with van der Waals surface area (Å²) in [6.07, 6.45) is 2.02. The normalized spacial score (nSPS) is 14.3. The van der Waals surface area contributed by atoms with Gasteiger partial charge in [-0.2, -0.15) is 0 Å². The molecule has 11 heteroatoms. The number of nitrogens with zero attached hydrogens (tertiary/aromatic N) is 4. The zero-order valence-electron chi connectivity index (χ0n) is 16.0. The van der Waals surface area contributed by atoms with Crippen molar-refractivity contribution in [2.75, 3.05) is 37.5 Å². The van der Waals surface area contributed by atoms with Gasteiger partial charge in [0.15, 0.2) is 0 Å². The lowest BCUT2D eigenvalue weighted by molar-refractivity contribution is -0.383. The number of nitrogens with one attached hydrogen (secondary N) is 1. The summed E-state index contributed by atoms with van der Waals surface area (Å²) in [5, 5.41) is 23.9. The molecular formula is C18H21N5O6. The Morgan fingerprint density at radius 2 is 2.00 bits per heavy atom. The molecule has 0 spiro atoms. The van der Waals surface area contributed by atoms with Gasteiger partial charge >= 0.3 is 11.7 Å². The second-order valence-electron chi connectivity index (χ2n) is 6.44. The van der Waals surface area contributed by atoms with Gasteiger partial charge in [0.25, 0.3) is 0 Å². The standard InChI is InChI=1S/C18H21N5O6/c1-28-12-3-4-14(29-2)13(9-12)21-16-15(23(26)27)17(20-10-19-16)22-7-5-11(6-8-22)18(24)25/h3-4,9-11H,5-8H2,1-2H3,(H,24,25)(H,19,20,21). The van der Waals surface area contributed by atoms with Gasteiger partial charge in [-0.3, -0.25) is 14.9 Å². The van der Waals surface area contributed by atoms with E-state index in [0.29, 0.717) is 43.1 Å². The average molecular weight is 403 g/mol. The molecule has 0 aliphatic carbocycles. The highest BCUT2D eigenvalue weighted by atomic mass is 16.6. The first-order valence-electron chi connectivity index (χ1n) is 8.90. The van der Waals surface area contributed by atoms with Crippen molar-refractivity contribution in [2.24, 2.45) is 5.92 Å². The Morgan fingerprint density at radius 1 is 1.28 bits per heavy atom. The van der Waals surface area contributed by atoms with Crippen molar-refractivity contribution >= 4 is 29.0 Å². The van der Waals surface area contributed by atoms with Crippen molar-refractivity contribution in [1.82, 2.24) is 9.97 Å². The molecule has 0 bridgehead atoms. The Hall–Kier alpha value is -3.63. The van der Waals surface area contributed by atoms with Crippen molar-refractivity contribution in [3.05, 3.63) is 34.6 Å². The van der Waals surface area contributed by atoms with Crippen LogP contribution in [0.1, 0.15) is 12.8 Å². The fraction of sp³-hybridized carbons (Fsp3) is 0.389. The minimum Gasteiger partial charge on any atom is -0.497 e. The first kappa shape index (κ1) is 20.1. The number of anilines is 3. The third-order valence-electron chi connectivity index (χ3n) is 4.79. The van der Waals surface area contributed by atoms with Crippen LogP contribution in [0.4, 0.5) is 23.0 Å². The predicted octanol–water partition coefficient (Wildman–Crippen LogP) is 2.45. The number of aromatic nitrogens is 2. The first-order chi connectivity index (χ1) is 13.9. The number of carboxylic acid groups (broad SMARTS) is 1. The molecule has 0 unspecified atom stereocenters. The summed E-state index contributed by atoms with van der Waals surface area (Å²) in [4.78, 5) is 32.3. The molecule has 2 N–H and O–H groups in total. The van der Waals surface area contributed by atoms with Gasteiger partial charge in [-0.05, 0) is 25.0 Å². The smallest absolute Gasteiger partial charge is 0.353 e. The second-order valence-corrected chi connectivity index (χ2v) is 6.44. The number of benzene rings is 1. The van der Waals surface area contributed by atoms with E-state index in [4.69, 9.17) is 14.6 Å². The SMILES string of the molecule is COc1ccc(OC)c(Nc2ncnc(N3CCC(C(=O)O)CC3)c2[N+](=O)[O-])c1. The van der Waals surface area contributed by atoms with Gasteiger partial charge in [-0.15, -0.1) is 0 Å². The van der Waals surface area contributed by atoms with Crippen LogP contribution >= 0.6 is 0 Å². The van der Waals surface area contributed by atoms with E-state index in [0.717, 1.165) is 0 Å². The maximum atomic E-state index is 11.8. The lowest BCUT2D eigenvalue weighted by atomic mass is 9.97. The van der Waals surface area contributed by atoms with Crippen molar-refractivity contribution in [3.63, 3.8) is 0 Å². The maximum Gasteiger partial charge on any atom is 0.353 e. The highest BCUT2D eigenvalue weighted by molar-refractivity contribution is 5.77. The van der Waals surface area contributed by atoms with Crippen LogP contribution in [0.3, 0.4) is 0 Å². The Bertz CT molecular complexity index is 914. The van der Waals surface area contributed by atoms with E-state index in [2.05, 4.69) is 15.3 Å². The molecule has 0 amide bonds. The van der Waals surface area contributed by atoms with Crippen LogP contribution < -0.4 is 19.7 Å². The molecular weight excluding hydrogens is 382 g/mol. The van der Waals surface area contributed by atoms with Gasteiger partial charge < -0.3 is 24.8 Å². The zero-order chi connectivity index (χ0) is 21.0. The number of piperidine rings is 1. The third-order valence-corrected chi connectivity index (χ3v) is 4.79. The molecule has 11 nitrogen and oxygen atoms in total. The van der Waals surface area contributed by atoms with Crippen LogP contribution in [0, 0.1) is 16.0 Å². The molecule has 0 radical (unpaired) electrons. The minimum absolute atomic E-state index is 0.00640. The number of aliphatic carboxylic acids is 1. The number of ether oxygens (including phenoxy) is 2. The molecule has 1 saturated heterocycles. The number of rotatable bonds is 7. The minimum atomic E-state index is -0.852. The van der Waals surface area contributed by atoms with E-state index >= 15 is 0 Å². The third kappa shape index (κ3) is 4.28. The summed E-state index contributed by atoms with van der Waals surface area (Å²) < 4.78 is 10.5. The largest absolute Gasteiger partial charge is 0.497 e. The first-order valence-corrected chi connectivity index (χ1v) is 8.90. The molecule has 1 fully saturated rings. The van der Waals surface area contributed by atoms with Crippen LogP contribution in [0.25, 0.3) is 0 Å². The van der Waals surface area contributed by atoms with Crippen LogP contribution in [0.15, 0.2) is 24.5 Å². The number of hydrogen-bond donors (Lipinski definition) is 2. The Morgan fingerprint density at radius 3 is 2.59 bits per heavy atom. The summed E-state index contributed by atoms with van der Waals surface area (Å²) in [5.74, 6) is -0.145. The van der Waals surface area contributed by atoms with E-state index in [1.54, 1.807) is 23.1 Å². The van der Waals surface area contributed by atoms with Crippen LogP contribution in [0.5, 0.6) is 11.5 Å². The van der Waals surface area contributed by atoms with Gasteiger partial charge in [0.2, 0.25) is 11.6 Å². The highest BCUT2D eigenvalue weighted by Crippen LogP contribution is 2.38.